The highest BCUT2D eigenvalue weighted by Crippen LogP contribution is 2.18. The molecule has 0 N–H and O–H groups in total. The summed E-state index contributed by atoms with van der Waals surface area (Å²) in [5, 5.41) is 0.705. The number of rotatable bonds is 5. The number of aromatic nitrogens is 2. The summed E-state index contributed by atoms with van der Waals surface area (Å²) in [4.78, 5) is 14.1. The maximum Gasteiger partial charge on any atom is 0.246 e. The molecule has 1 aliphatic rings. The molecule has 1 aromatic carbocycles. The van der Waals surface area contributed by atoms with Crippen molar-refractivity contribution in [2.45, 2.75) is 25.4 Å². The van der Waals surface area contributed by atoms with Crippen LogP contribution in [0.3, 0.4) is 0 Å². The average molecular weight is 338 g/mol. The van der Waals surface area contributed by atoms with Crippen molar-refractivity contribution in [1.82, 2.24) is 13.6 Å². The van der Waals surface area contributed by atoms with Gasteiger partial charge < -0.3 is 9.64 Å². The van der Waals surface area contributed by atoms with Gasteiger partial charge in [-0.15, -0.1) is 4.37 Å². The maximum atomic E-state index is 12.3. The minimum Gasteiger partial charge on any atom is -0.471 e. The van der Waals surface area contributed by atoms with Crippen molar-refractivity contribution in [2.75, 3.05) is 13.1 Å². The van der Waals surface area contributed by atoms with Crippen LogP contribution < -0.4 is 4.74 Å². The molecule has 1 aliphatic heterocycles. The molecule has 5 nitrogen and oxygen atoms in total. The second-order valence-corrected chi connectivity index (χ2v) is 6.24. The van der Waals surface area contributed by atoms with E-state index >= 15 is 0 Å². The quantitative estimate of drug-likeness (QED) is 0.842. The molecule has 1 amide bonds. The fourth-order valence-electron chi connectivity index (χ4n) is 2.53. The molecule has 7 heteroatoms. The Kier molecular flexibility index (Phi) is 4.90. The van der Waals surface area contributed by atoms with Gasteiger partial charge in [-0.25, -0.2) is 0 Å². The van der Waals surface area contributed by atoms with Crippen molar-refractivity contribution in [3.8, 4) is 5.88 Å². The van der Waals surface area contributed by atoms with Gasteiger partial charge in [0.05, 0.1) is 18.3 Å². The molecule has 0 bridgehead atoms. The molecular weight excluding hydrogens is 322 g/mol. The van der Waals surface area contributed by atoms with Crippen LogP contribution in [0.25, 0.3) is 0 Å². The summed E-state index contributed by atoms with van der Waals surface area (Å²) in [6.45, 7) is 1.35. The zero-order valence-corrected chi connectivity index (χ0v) is 13.5. The largest absolute Gasteiger partial charge is 0.471 e. The zero-order valence-electron chi connectivity index (χ0n) is 11.9. The smallest absolute Gasteiger partial charge is 0.246 e. The molecule has 0 spiro atoms. The van der Waals surface area contributed by atoms with Crippen LogP contribution in [-0.2, 0) is 11.2 Å². The predicted octanol–water partition coefficient (Wildman–Crippen LogP) is 2.80. The molecule has 2 heterocycles. The Bertz CT molecular complexity index is 635. The average Bonchev–Trinajstić information content (AvgIpc) is 3.17. The highest BCUT2D eigenvalue weighted by atomic mass is 35.5. The van der Waals surface area contributed by atoms with E-state index in [9.17, 15) is 4.79 Å². The minimum absolute atomic E-state index is 0.0130. The Balaban J connectivity index is 1.47. The van der Waals surface area contributed by atoms with E-state index in [4.69, 9.17) is 16.3 Å². The summed E-state index contributed by atoms with van der Waals surface area (Å²) in [6.07, 6.45) is 3.65. The Morgan fingerprint density at radius 3 is 3.18 bits per heavy atom. The van der Waals surface area contributed by atoms with Gasteiger partial charge in [-0.05, 0) is 24.1 Å². The van der Waals surface area contributed by atoms with Gasteiger partial charge in [0.25, 0.3) is 0 Å². The van der Waals surface area contributed by atoms with Crippen LogP contribution in [0.4, 0.5) is 0 Å². The molecule has 0 aliphatic carbocycles. The molecule has 116 valence electrons. The summed E-state index contributed by atoms with van der Waals surface area (Å²) in [7, 11) is 0. The molecule has 22 heavy (non-hydrogen) atoms. The number of nitrogens with zero attached hydrogens (tertiary/aromatic N) is 3. The predicted molar refractivity (Wildman–Crippen MR) is 85.3 cm³/mol. The Hall–Kier alpha value is -1.66. The Labute approximate surface area is 138 Å². The summed E-state index contributed by atoms with van der Waals surface area (Å²) < 4.78 is 13.6. The first-order valence-electron chi connectivity index (χ1n) is 7.17. The Morgan fingerprint density at radius 2 is 2.41 bits per heavy atom. The van der Waals surface area contributed by atoms with Crippen molar-refractivity contribution in [2.24, 2.45) is 0 Å². The summed E-state index contributed by atoms with van der Waals surface area (Å²) in [5.41, 5.74) is 1.08. The SMILES string of the molecule is O=C(CCc1cccc(Cl)c1)N1CCC(Oc2cnsn2)C1. The highest BCUT2D eigenvalue weighted by Gasteiger charge is 2.27. The second kappa shape index (κ2) is 7.07. The molecule has 0 radical (unpaired) electrons. The summed E-state index contributed by atoms with van der Waals surface area (Å²) in [6, 6.07) is 7.64. The van der Waals surface area contributed by atoms with Gasteiger partial charge in [0.15, 0.2) is 0 Å². The van der Waals surface area contributed by atoms with Crippen LogP contribution in [-0.4, -0.2) is 38.7 Å². The monoisotopic (exact) mass is 337 g/mol. The highest BCUT2D eigenvalue weighted by molar-refractivity contribution is 6.99. The molecule has 1 fully saturated rings. The van der Waals surface area contributed by atoms with Crippen molar-refractivity contribution in [3.63, 3.8) is 0 Å². The molecule has 1 atom stereocenters. The number of carbonyl (C=O) groups is 1. The van der Waals surface area contributed by atoms with E-state index < -0.39 is 0 Å². The van der Waals surface area contributed by atoms with Gasteiger partial charge >= 0.3 is 0 Å². The number of carbonyl (C=O) groups excluding carboxylic acids is 1. The maximum absolute atomic E-state index is 12.3. The van der Waals surface area contributed by atoms with Gasteiger partial charge in [0.2, 0.25) is 11.8 Å². The van der Waals surface area contributed by atoms with Crippen LogP contribution in [0, 0.1) is 0 Å². The van der Waals surface area contributed by atoms with E-state index in [1.165, 1.54) is 0 Å². The lowest BCUT2D eigenvalue weighted by Crippen LogP contribution is -2.31. The van der Waals surface area contributed by atoms with Crippen LogP contribution >= 0.6 is 23.3 Å². The van der Waals surface area contributed by atoms with Crippen molar-refractivity contribution in [3.05, 3.63) is 41.0 Å². The Morgan fingerprint density at radius 1 is 1.50 bits per heavy atom. The number of ether oxygens (including phenoxy) is 1. The first-order chi connectivity index (χ1) is 10.7. The van der Waals surface area contributed by atoms with Crippen LogP contribution in [0.2, 0.25) is 5.02 Å². The molecule has 2 aromatic rings. The molecule has 0 saturated carbocycles. The zero-order chi connectivity index (χ0) is 15.4. The number of hydrogen-bond donors (Lipinski definition) is 0. The van der Waals surface area contributed by atoms with Gasteiger partial charge in [0, 0.05) is 24.4 Å². The fourth-order valence-corrected chi connectivity index (χ4v) is 3.10. The van der Waals surface area contributed by atoms with Crippen molar-refractivity contribution < 1.29 is 9.53 Å². The van der Waals surface area contributed by atoms with Gasteiger partial charge in [-0.3, -0.25) is 4.79 Å². The van der Waals surface area contributed by atoms with Crippen molar-refractivity contribution in [1.29, 1.82) is 0 Å². The molecule has 3 rings (SSSR count). The first kappa shape index (κ1) is 15.2. The van der Waals surface area contributed by atoms with E-state index in [2.05, 4.69) is 8.75 Å². The number of likely N-dealkylation sites (tertiary alicyclic amines) is 1. The third kappa shape index (κ3) is 3.96. The third-order valence-electron chi connectivity index (χ3n) is 3.64. The second-order valence-electron chi connectivity index (χ2n) is 5.24. The fraction of sp³-hybridized carbons (Fsp3) is 0.400. The van der Waals surface area contributed by atoms with E-state index in [1.54, 1.807) is 6.20 Å². The summed E-state index contributed by atoms with van der Waals surface area (Å²) >= 11 is 7.07. The minimum atomic E-state index is 0.0130. The topological polar surface area (TPSA) is 55.3 Å². The van der Waals surface area contributed by atoms with Gasteiger partial charge in [-0.1, -0.05) is 23.7 Å². The number of hydrogen-bond acceptors (Lipinski definition) is 5. The third-order valence-corrected chi connectivity index (χ3v) is 4.34. The first-order valence-corrected chi connectivity index (χ1v) is 8.28. The lowest BCUT2D eigenvalue weighted by molar-refractivity contribution is -0.130. The molecule has 1 aromatic heterocycles. The van der Waals surface area contributed by atoms with E-state index in [1.807, 2.05) is 29.2 Å². The van der Waals surface area contributed by atoms with Gasteiger partial charge in [-0.2, -0.15) is 4.37 Å². The van der Waals surface area contributed by atoms with E-state index in [-0.39, 0.29) is 12.0 Å². The lowest BCUT2D eigenvalue weighted by Gasteiger charge is -2.16. The number of benzene rings is 1. The molecular formula is C15H16ClN3O2S. The summed E-state index contributed by atoms with van der Waals surface area (Å²) in [5.74, 6) is 0.700. The van der Waals surface area contributed by atoms with Crippen LogP contribution in [0.5, 0.6) is 5.88 Å². The molecule has 1 saturated heterocycles. The normalized spacial score (nSPS) is 17.7. The van der Waals surface area contributed by atoms with Crippen molar-refractivity contribution >= 4 is 29.2 Å². The molecule has 1 unspecified atom stereocenters. The lowest BCUT2D eigenvalue weighted by atomic mass is 10.1. The van der Waals surface area contributed by atoms with E-state index in [0.717, 1.165) is 30.3 Å². The standard InChI is InChI=1S/C15H16ClN3O2S/c16-12-3-1-2-11(8-12)4-5-15(20)19-7-6-13(10-19)21-14-9-17-22-18-14/h1-3,8-9,13H,4-7,10H2. The van der Waals surface area contributed by atoms with Crippen LogP contribution in [0.15, 0.2) is 30.5 Å². The van der Waals surface area contributed by atoms with Gasteiger partial charge in [0.1, 0.15) is 12.3 Å². The number of amides is 1. The van der Waals surface area contributed by atoms with Crippen LogP contribution in [0.1, 0.15) is 18.4 Å². The number of aryl methyl sites for hydroxylation is 1. The van der Waals surface area contributed by atoms with E-state index in [0.29, 0.717) is 30.3 Å². The number of halogens is 1.